The van der Waals surface area contributed by atoms with E-state index in [0.717, 1.165) is 49.1 Å². The fourth-order valence-corrected chi connectivity index (χ4v) is 5.47. The summed E-state index contributed by atoms with van der Waals surface area (Å²) in [6, 6.07) is 11.8. The van der Waals surface area contributed by atoms with E-state index in [2.05, 4.69) is 9.88 Å². The third-order valence-corrected chi connectivity index (χ3v) is 7.79. The Labute approximate surface area is 216 Å². The number of aryl methyl sites for hydroxylation is 1. The molecule has 5 rings (SSSR count). The van der Waals surface area contributed by atoms with Crippen LogP contribution >= 0.6 is 0 Å². The Hall–Kier alpha value is -3.52. The molecule has 3 aromatic rings. The average Bonchev–Trinajstić information content (AvgIpc) is 3.24. The first-order valence-electron chi connectivity index (χ1n) is 13.0. The van der Waals surface area contributed by atoms with Crippen molar-refractivity contribution in [2.75, 3.05) is 46.3 Å². The fourth-order valence-electron chi connectivity index (χ4n) is 5.47. The summed E-state index contributed by atoms with van der Waals surface area (Å²) in [6.45, 7) is 5.73. The van der Waals surface area contributed by atoms with Gasteiger partial charge in [0.25, 0.3) is 11.8 Å². The van der Waals surface area contributed by atoms with Crippen LogP contribution in [0.5, 0.6) is 0 Å². The Kier molecular flexibility index (Phi) is 7.11. The van der Waals surface area contributed by atoms with E-state index in [9.17, 15) is 18.8 Å². The lowest BCUT2D eigenvalue weighted by atomic mass is 9.90. The topological polar surface area (TPSA) is 76.7 Å². The number of likely N-dealkylation sites (tertiary alicyclic amines) is 1. The molecule has 2 aromatic carbocycles. The molecule has 2 fully saturated rings. The van der Waals surface area contributed by atoms with Crippen molar-refractivity contribution in [1.82, 2.24) is 19.7 Å². The summed E-state index contributed by atoms with van der Waals surface area (Å²) in [7, 11) is 2.00. The van der Waals surface area contributed by atoms with Crippen LogP contribution in [0.25, 0.3) is 10.9 Å². The zero-order chi connectivity index (χ0) is 26.1. The third-order valence-electron chi connectivity index (χ3n) is 7.79. The highest BCUT2D eigenvalue weighted by Crippen LogP contribution is 2.28. The number of carbonyl (C=O) groups excluding carboxylic acids is 3. The van der Waals surface area contributed by atoms with E-state index in [1.165, 1.54) is 12.1 Å². The lowest BCUT2D eigenvalue weighted by Crippen LogP contribution is -2.49. The molecule has 0 unspecified atom stereocenters. The van der Waals surface area contributed by atoms with Crippen LogP contribution in [0.2, 0.25) is 0 Å². The van der Waals surface area contributed by atoms with Gasteiger partial charge >= 0.3 is 0 Å². The molecule has 194 valence electrons. The Balaban J connectivity index is 1.29. The fraction of sp³-hybridized carbons (Fsp3) is 0.414. The first-order valence-corrected chi connectivity index (χ1v) is 13.0. The minimum Gasteiger partial charge on any atom is -0.358 e. The summed E-state index contributed by atoms with van der Waals surface area (Å²) in [4.78, 5) is 48.4. The Bertz CT molecular complexity index is 1320. The molecule has 0 atom stereocenters. The van der Waals surface area contributed by atoms with Gasteiger partial charge in [0.05, 0.1) is 5.56 Å². The van der Waals surface area contributed by atoms with Gasteiger partial charge in [0, 0.05) is 61.4 Å². The molecule has 1 aromatic heterocycles. The van der Waals surface area contributed by atoms with Crippen LogP contribution < -0.4 is 0 Å². The lowest BCUT2D eigenvalue weighted by Gasteiger charge is -2.32. The smallest absolute Gasteiger partial charge is 0.295 e. The number of benzene rings is 2. The molecule has 37 heavy (non-hydrogen) atoms. The molecule has 2 amide bonds. The molecule has 7 nitrogen and oxygen atoms in total. The Morgan fingerprint density at radius 2 is 1.59 bits per heavy atom. The Morgan fingerprint density at radius 1 is 0.919 bits per heavy atom. The maximum absolute atomic E-state index is 13.6. The van der Waals surface area contributed by atoms with Crippen LogP contribution in [0.3, 0.4) is 0 Å². The number of piperazine rings is 1. The largest absolute Gasteiger partial charge is 0.358 e. The number of ketones is 1. The van der Waals surface area contributed by atoms with Gasteiger partial charge in [-0.05, 0) is 75.0 Å². The number of rotatable bonds is 5. The number of hydrogen-bond donors (Lipinski definition) is 1. The second kappa shape index (κ2) is 10.5. The zero-order valence-electron chi connectivity index (χ0n) is 21.4. The van der Waals surface area contributed by atoms with Crippen molar-refractivity contribution in [3.05, 3.63) is 70.7 Å². The number of hydrogen-bond acceptors (Lipinski definition) is 4. The molecule has 0 aliphatic carbocycles. The van der Waals surface area contributed by atoms with Gasteiger partial charge in [-0.1, -0.05) is 12.1 Å². The summed E-state index contributed by atoms with van der Waals surface area (Å²) in [5.41, 5.74) is 3.51. The van der Waals surface area contributed by atoms with Crippen LogP contribution in [-0.4, -0.2) is 83.6 Å². The number of nitrogens with zero attached hydrogens (tertiary/aromatic N) is 3. The SMILES string of the molecule is Cc1[nH]c2ccc(C(=O)C(=O)N3CCN(C)CC3)cc2c1C(=O)N1CCC(Cc2ccc(F)cc2)CC1. The van der Waals surface area contributed by atoms with E-state index in [4.69, 9.17) is 0 Å². The molecule has 0 saturated carbocycles. The van der Waals surface area contributed by atoms with Crippen molar-refractivity contribution in [3.8, 4) is 0 Å². The molecule has 2 saturated heterocycles. The van der Waals surface area contributed by atoms with E-state index < -0.39 is 11.7 Å². The minimum absolute atomic E-state index is 0.0565. The molecule has 8 heteroatoms. The predicted octanol–water partition coefficient (Wildman–Crippen LogP) is 3.67. The molecule has 2 aliphatic heterocycles. The van der Waals surface area contributed by atoms with Crippen LogP contribution in [0.15, 0.2) is 42.5 Å². The van der Waals surface area contributed by atoms with Crippen molar-refractivity contribution in [2.24, 2.45) is 5.92 Å². The average molecular weight is 505 g/mol. The number of aromatic nitrogens is 1. The maximum Gasteiger partial charge on any atom is 0.295 e. The molecule has 0 spiro atoms. The minimum atomic E-state index is -0.537. The second-order valence-electron chi connectivity index (χ2n) is 10.4. The maximum atomic E-state index is 13.6. The highest BCUT2D eigenvalue weighted by molar-refractivity contribution is 6.43. The Morgan fingerprint density at radius 3 is 2.27 bits per heavy atom. The van der Waals surface area contributed by atoms with Gasteiger partial charge in [-0.15, -0.1) is 0 Å². The molecule has 1 N–H and O–H groups in total. The number of Topliss-reactive ketones (excluding diaryl/α,β-unsaturated/α-hetero) is 1. The van der Waals surface area contributed by atoms with E-state index in [0.29, 0.717) is 48.6 Å². The van der Waals surface area contributed by atoms with E-state index in [-0.39, 0.29) is 11.7 Å². The number of aromatic amines is 1. The van der Waals surface area contributed by atoms with E-state index in [1.54, 1.807) is 23.1 Å². The van der Waals surface area contributed by atoms with Crippen LogP contribution in [-0.2, 0) is 11.2 Å². The van der Waals surface area contributed by atoms with Crippen molar-refractivity contribution in [1.29, 1.82) is 0 Å². The van der Waals surface area contributed by atoms with Crippen LogP contribution in [0.1, 0.15) is 44.8 Å². The third kappa shape index (κ3) is 5.30. The summed E-state index contributed by atoms with van der Waals surface area (Å²) in [6.07, 6.45) is 2.64. The first-order chi connectivity index (χ1) is 17.8. The van der Waals surface area contributed by atoms with Crippen molar-refractivity contribution >= 4 is 28.5 Å². The zero-order valence-corrected chi connectivity index (χ0v) is 21.4. The molecule has 2 aliphatic rings. The van der Waals surface area contributed by atoms with Crippen LogP contribution in [0.4, 0.5) is 4.39 Å². The summed E-state index contributed by atoms with van der Waals surface area (Å²) < 4.78 is 13.2. The molecule has 0 bridgehead atoms. The normalized spacial score (nSPS) is 17.4. The number of nitrogens with one attached hydrogen (secondary N) is 1. The van der Waals surface area contributed by atoms with Crippen LogP contribution in [0, 0.1) is 18.7 Å². The van der Waals surface area contributed by atoms with Crippen molar-refractivity contribution in [3.63, 3.8) is 0 Å². The quantitative estimate of drug-likeness (QED) is 0.425. The van der Waals surface area contributed by atoms with Crippen molar-refractivity contribution in [2.45, 2.75) is 26.2 Å². The lowest BCUT2D eigenvalue weighted by molar-refractivity contribution is -0.127. The molecule has 3 heterocycles. The summed E-state index contributed by atoms with van der Waals surface area (Å²) >= 11 is 0. The standard InChI is InChI=1S/C29H33FN4O3/c1-19-26(28(36)33-11-9-21(10-12-33)17-20-3-6-23(30)7-4-20)24-18-22(5-8-25(24)31-19)27(35)29(37)34-15-13-32(2)14-16-34/h3-8,18,21,31H,9-17H2,1-2H3. The van der Waals surface area contributed by atoms with Gasteiger partial charge in [0.1, 0.15) is 5.82 Å². The number of piperidine rings is 1. The van der Waals surface area contributed by atoms with Gasteiger partial charge in [-0.2, -0.15) is 0 Å². The number of fused-ring (bicyclic) bond motifs is 1. The number of H-pyrrole nitrogens is 1. The predicted molar refractivity (Wildman–Crippen MR) is 140 cm³/mol. The molecular formula is C29H33FN4O3. The second-order valence-corrected chi connectivity index (χ2v) is 10.4. The van der Waals surface area contributed by atoms with Gasteiger partial charge in [-0.3, -0.25) is 14.4 Å². The summed E-state index contributed by atoms with van der Waals surface area (Å²) in [5.74, 6) is -0.865. The van der Waals surface area contributed by atoms with Gasteiger partial charge in [-0.25, -0.2) is 4.39 Å². The highest BCUT2D eigenvalue weighted by Gasteiger charge is 2.29. The first kappa shape index (κ1) is 25.1. The monoisotopic (exact) mass is 504 g/mol. The number of carbonyl (C=O) groups is 3. The van der Waals surface area contributed by atoms with Gasteiger partial charge in [0.15, 0.2) is 0 Å². The number of halogens is 1. The number of likely N-dealkylation sites (N-methyl/N-ethyl adjacent to an activating group) is 1. The van der Waals surface area contributed by atoms with Gasteiger partial charge < -0.3 is 19.7 Å². The van der Waals surface area contributed by atoms with E-state index >= 15 is 0 Å². The summed E-state index contributed by atoms with van der Waals surface area (Å²) in [5, 5.41) is 0.674. The van der Waals surface area contributed by atoms with Gasteiger partial charge in [0.2, 0.25) is 5.78 Å². The highest BCUT2D eigenvalue weighted by atomic mass is 19.1. The van der Waals surface area contributed by atoms with Crippen molar-refractivity contribution < 1.29 is 18.8 Å². The number of amides is 2. The van der Waals surface area contributed by atoms with E-state index in [1.807, 2.05) is 31.0 Å². The molecule has 0 radical (unpaired) electrons. The molecular weight excluding hydrogens is 471 g/mol.